The van der Waals surface area contributed by atoms with Gasteiger partial charge in [0.2, 0.25) is 15.9 Å². The van der Waals surface area contributed by atoms with Crippen LogP contribution in [0.1, 0.15) is 37.3 Å². The van der Waals surface area contributed by atoms with Crippen molar-refractivity contribution in [2.45, 2.75) is 50.0 Å². The molecule has 0 atom stereocenters. The molecule has 8 heteroatoms. The highest BCUT2D eigenvalue weighted by atomic mass is 32.2. The molecule has 0 bridgehead atoms. The molecule has 0 aliphatic heterocycles. The van der Waals surface area contributed by atoms with Crippen LogP contribution in [0.5, 0.6) is 0 Å². The second kappa shape index (κ2) is 9.30. The first-order valence-electron chi connectivity index (χ1n) is 10.4. The number of nitrogens with one attached hydrogen (secondary N) is 2. The Hall–Kier alpha value is -2.55. The Bertz CT molecular complexity index is 1150. The van der Waals surface area contributed by atoms with E-state index >= 15 is 0 Å². The smallest absolute Gasteiger partial charge is 0.240 e. The van der Waals surface area contributed by atoms with Crippen LogP contribution in [0, 0.1) is 0 Å². The van der Waals surface area contributed by atoms with Gasteiger partial charge in [-0.05, 0) is 48.9 Å². The zero-order chi connectivity index (χ0) is 21.8. The van der Waals surface area contributed by atoms with Crippen LogP contribution >= 0.6 is 11.3 Å². The van der Waals surface area contributed by atoms with E-state index in [0.29, 0.717) is 18.0 Å². The first-order chi connectivity index (χ1) is 14.9. The molecule has 31 heavy (non-hydrogen) atoms. The fourth-order valence-electron chi connectivity index (χ4n) is 3.14. The lowest BCUT2D eigenvalue weighted by molar-refractivity contribution is -0.116. The second-order valence-electron chi connectivity index (χ2n) is 7.68. The standard InChI is InChI=1S/C23H25N3O3S2/c1-2-16-3-8-18(9-4-16)21-15-30-23(24-21)25-22(27)14-7-17-5-12-20(13-6-17)31(28,29)26-19-10-11-19/h3-6,8-9,12-13,15,19,26H,2,7,10-11,14H2,1H3,(H,24,25,27). The van der Waals surface area contributed by atoms with Crippen LogP contribution in [-0.2, 0) is 27.7 Å². The van der Waals surface area contributed by atoms with E-state index in [2.05, 4.69) is 34.1 Å². The van der Waals surface area contributed by atoms with Crippen molar-refractivity contribution in [3.05, 3.63) is 65.0 Å². The number of anilines is 1. The van der Waals surface area contributed by atoms with Crippen LogP contribution in [0.3, 0.4) is 0 Å². The van der Waals surface area contributed by atoms with E-state index in [9.17, 15) is 13.2 Å². The molecule has 1 heterocycles. The van der Waals surface area contributed by atoms with Gasteiger partial charge in [-0.25, -0.2) is 18.1 Å². The maximum atomic E-state index is 12.3. The molecule has 1 amide bonds. The van der Waals surface area contributed by atoms with Crippen molar-refractivity contribution in [1.82, 2.24) is 9.71 Å². The van der Waals surface area contributed by atoms with E-state index in [1.807, 2.05) is 17.5 Å². The van der Waals surface area contributed by atoms with Gasteiger partial charge in [0.1, 0.15) is 0 Å². The van der Waals surface area contributed by atoms with E-state index in [4.69, 9.17) is 0 Å². The summed E-state index contributed by atoms with van der Waals surface area (Å²) in [6, 6.07) is 15.1. The van der Waals surface area contributed by atoms with E-state index in [-0.39, 0.29) is 16.8 Å². The Morgan fingerprint density at radius 1 is 1.06 bits per heavy atom. The topological polar surface area (TPSA) is 88.2 Å². The molecule has 4 rings (SSSR count). The van der Waals surface area contributed by atoms with Crippen LogP contribution in [0.4, 0.5) is 5.13 Å². The lowest BCUT2D eigenvalue weighted by Crippen LogP contribution is -2.25. The van der Waals surface area contributed by atoms with Gasteiger partial charge in [-0.15, -0.1) is 11.3 Å². The SMILES string of the molecule is CCc1ccc(-c2csc(NC(=O)CCc3ccc(S(=O)(=O)NC4CC4)cc3)n2)cc1. The number of carbonyl (C=O) groups excluding carboxylic acids is 1. The summed E-state index contributed by atoms with van der Waals surface area (Å²) < 4.78 is 27.1. The maximum absolute atomic E-state index is 12.3. The second-order valence-corrected chi connectivity index (χ2v) is 10.2. The molecule has 0 unspecified atom stereocenters. The molecular weight excluding hydrogens is 430 g/mol. The molecule has 0 spiro atoms. The molecule has 0 saturated heterocycles. The average molecular weight is 456 g/mol. The van der Waals surface area contributed by atoms with Gasteiger partial charge < -0.3 is 5.32 Å². The number of rotatable bonds is 9. The number of hydrogen-bond acceptors (Lipinski definition) is 5. The Morgan fingerprint density at radius 3 is 2.39 bits per heavy atom. The number of thiazole rings is 1. The number of benzene rings is 2. The predicted octanol–water partition coefficient (Wildman–Crippen LogP) is 4.38. The van der Waals surface area contributed by atoms with Crippen LogP contribution in [-0.4, -0.2) is 25.4 Å². The normalized spacial score (nSPS) is 13.8. The van der Waals surface area contributed by atoms with Gasteiger partial charge in [0.05, 0.1) is 10.6 Å². The van der Waals surface area contributed by atoms with E-state index in [1.165, 1.54) is 16.9 Å². The van der Waals surface area contributed by atoms with Gasteiger partial charge in [0.25, 0.3) is 0 Å². The third-order valence-corrected chi connectivity index (χ3v) is 7.48. The van der Waals surface area contributed by atoms with Crippen molar-refractivity contribution in [3.63, 3.8) is 0 Å². The summed E-state index contributed by atoms with van der Waals surface area (Å²) in [4.78, 5) is 17.1. The lowest BCUT2D eigenvalue weighted by Gasteiger charge is -2.07. The molecule has 1 saturated carbocycles. The van der Waals surface area contributed by atoms with E-state index < -0.39 is 10.0 Å². The van der Waals surface area contributed by atoms with Crippen molar-refractivity contribution in [3.8, 4) is 11.3 Å². The minimum Gasteiger partial charge on any atom is -0.302 e. The molecule has 1 aliphatic carbocycles. The molecule has 1 aliphatic rings. The predicted molar refractivity (Wildman–Crippen MR) is 124 cm³/mol. The zero-order valence-electron chi connectivity index (χ0n) is 17.3. The molecule has 2 aromatic carbocycles. The number of hydrogen-bond donors (Lipinski definition) is 2. The molecule has 1 aromatic heterocycles. The van der Waals surface area contributed by atoms with Crippen molar-refractivity contribution in [2.75, 3.05) is 5.32 Å². The van der Waals surface area contributed by atoms with Gasteiger partial charge in [0, 0.05) is 23.4 Å². The van der Waals surface area contributed by atoms with E-state index in [1.54, 1.807) is 24.3 Å². The summed E-state index contributed by atoms with van der Waals surface area (Å²) in [6.45, 7) is 2.12. The van der Waals surface area contributed by atoms with Crippen molar-refractivity contribution < 1.29 is 13.2 Å². The Balaban J connectivity index is 1.29. The summed E-state index contributed by atoms with van der Waals surface area (Å²) in [5.74, 6) is -0.116. The molecule has 1 fully saturated rings. The van der Waals surface area contributed by atoms with Crippen LogP contribution < -0.4 is 10.0 Å². The van der Waals surface area contributed by atoms with Crippen molar-refractivity contribution >= 4 is 32.4 Å². The first-order valence-corrected chi connectivity index (χ1v) is 12.7. The van der Waals surface area contributed by atoms with Crippen molar-refractivity contribution in [2.24, 2.45) is 0 Å². The summed E-state index contributed by atoms with van der Waals surface area (Å²) >= 11 is 1.40. The number of aryl methyl sites for hydroxylation is 2. The summed E-state index contributed by atoms with van der Waals surface area (Å²) in [5, 5.41) is 5.36. The van der Waals surface area contributed by atoms with Gasteiger partial charge in [-0.3, -0.25) is 4.79 Å². The Kier molecular flexibility index (Phi) is 6.50. The minimum absolute atomic E-state index is 0.0791. The molecule has 6 nitrogen and oxygen atoms in total. The largest absolute Gasteiger partial charge is 0.302 e. The highest BCUT2D eigenvalue weighted by Gasteiger charge is 2.27. The van der Waals surface area contributed by atoms with Crippen molar-refractivity contribution in [1.29, 1.82) is 0 Å². The fraction of sp³-hybridized carbons (Fsp3) is 0.304. The van der Waals surface area contributed by atoms with Gasteiger partial charge in [-0.1, -0.05) is 43.3 Å². The van der Waals surface area contributed by atoms with Gasteiger partial charge in [-0.2, -0.15) is 0 Å². The van der Waals surface area contributed by atoms with Crippen LogP contribution in [0.15, 0.2) is 58.8 Å². The van der Waals surface area contributed by atoms with E-state index in [0.717, 1.165) is 36.1 Å². The molecular formula is C23H25N3O3S2. The highest BCUT2D eigenvalue weighted by molar-refractivity contribution is 7.89. The highest BCUT2D eigenvalue weighted by Crippen LogP contribution is 2.26. The molecule has 3 aromatic rings. The Morgan fingerprint density at radius 2 is 1.74 bits per heavy atom. The van der Waals surface area contributed by atoms with Crippen LogP contribution in [0.25, 0.3) is 11.3 Å². The molecule has 0 radical (unpaired) electrons. The summed E-state index contributed by atoms with van der Waals surface area (Å²) in [6.07, 6.45) is 3.62. The number of carbonyl (C=O) groups is 1. The first kappa shape index (κ1) is 21.7. The molecule has 162 valence electrons. The van der Waals surface area contributed by atoms with Gasteiger partial charge in [0.15, 0.2) is 5.13 Å². The minimum atomic E-state index is -3.45. The third-order valence-electron chi connectivity index (χ3n) is 5.18. The lowest BCUT2D eigenvalue weighted by atomic mass is 10.1. The number of amides is 1. The fourth-order valence-corrected chi connectivity index (χ4v) is 5.18. The average Bonchev–Trinajstić information content (AvgIpc) is 3.46. The van der Waals surface area contributed by atoms with Gasteiger partial charge >= 0.3 is 0 Å². The monoisotopic (exact) mass is 455 g/mol. The van der Waals surface area contributed by atoms with Crippen LogP contribution in [0.2, 0.25) is 0 Å². The third kappa shape index (κ3) is 5.78. The number of sulfonamides is 1. The quantitative estimate of drug-likeness (QED) is 0.501. The maximum Gasteiger partial charge on any atom is 0.240 e. The summed E-state index contributed by atoms with van der Waals surface area (Å²) in [5.41, 5.74) is 4.06. The Labute approximate surface area is 186 Å². The molecule has 2 N–H and O–H groups in total. The number of nitrogens with zero attached hydrogens (tertiary/aromatic N) is 1. The number of aromatic nitrogens is 1. The summed E-state index contributed by atoms with van der Waals surface area (Å²) in [7, 11) is -3.45. The zero-order valence-corrected chi connectivity index (χ0v) is 18.9.